The van der Waals surface area contributed by atoms with Crippen LogP contribution in [0.3, 0.4) is 0 Å². The summed E-state index contributed by atoms with van der Waals surface area (Å²) in [4.78, 5) is 2.42. The Morgan fingerprint density at radius 1 is 1.20 bits per heavy atom. The maximum absolute atomic E-state index is 4.42. The van der Waals surface area contributed by atoms with Crippen LogP contribution in [0.2, 0.25) is 0 Å². The molecule has 1 aliphatic carbocycles. The van der Waals surface area contributed by atoms with Gasteiger partial charge in [0.2, 0.25) is 0 Å². The minimum atomic E-state index is 0.672. The lowest BCUT2D eigenvalue weighted by molar-refractivity contribution is 0.494. The molecule has 1 N–H and O–H groups in total. The Bertz CT molecular complexity index is 417. The monoisotopic (exact) mass is 274 g/mol. The lowest BCUT2D eigenvalue weighted by atomic mass is 10.0. The van der Waals surface area contributed by atoms with Crippen LogP contribution in [-0.2, 0) is 6.54 Å². The van der Waals surface area contributed by atoms with Crippen molar-refractivity contribution < 1.29 is 0 Å². The van der Waals surface area contributed by atoms with Gasteiger partial charge in [0, 0.05) is 19.6 Å². The normalized spacial score (nSPS) is 25.4. The van der Waals surface area contributed by atoms with Crippen molar-refractivity contribution in [3.63, 3.8) is 0 Å². The molecule has 3 rings (SSSR count). The van der Waals surface area contributed by atoms with Crippen LogP contribution in [0, 0.1) is 17.8 Å². The van der Waals surface area contributed by atoms with Crippen LogP contribution < -0.4 is 10.2 Å². The summed E-state index contributed by atoms with van der Waals surface area (Å²) in [6.07, 6.45) is 4.24. The van der Waals surface area contributed by atoms with Crippen LogP contribution in [0.15, 0.2) is 12.1 Å². The van der Waals surface area contributed by atoms with Gasteiger partial charge in [0.25, 0.3) is 0 Å². The predicted octanol–water partition coefficient (Wildman–Crippen LogP) is 2.46. The summed E-state index contributed by atoms with van der Waals surface area (Å²) in [6, 6.07) is 4.25. The smallest absolute Gasteiger partial charge is 0.151 e. The van der Waals surface area contributed by atoms with E-state index in [9.17, 15) is 0 Å². The van der Waals surface area contributed by atoms with Gasteiger partial charge in [-0.3, -0.25) is 0 Å². The van der Waals surface area contributed by atoms with E-state index >= 15 is 0 Å². The molecule has 0 bridgehead atoms. The zero-order chi connectivity index (χ0) is 13.9. The van der Waals surface area contributed by atoms with Crippen molar-refractivity contribution in [2.75, 3.05) is 24.5 Å². The van der Waals surface area contributed by atoms with Gasteiger partial charge in [-0.05, 0) is 49.3 Å². The zero-order valence-corrected chi connectivity index (χ0v) is 12.7. The fourth-order valence-corrected chi connectivity index (χ4v) is 3.53. The van der Waals surface area contributed by atoms with Gasteiger partial charge < -0.3 is 10.2 Å². The van der Waals surface area contributed by atoms with Gasteiger partial charge in [-0.15, -0.1) is 5.10 Å². The molecule has 2 fully saturated rings. The van der Waals surface area contributed by atoms with Crippen LogP contribution in [0.4, 0.5) is 5.82 Å². The van der Waals surface area contributed by atoms with E-state index < -0.39 is 0 Å². The molecule has 4 heteroatoms. The van der Waals surface area contributed by atoms with Crippen molar-refractivity contribution >= 4 is 5.82 Å². The van der Waals surface area contributed by atoms with Crippen LogP contribution in [0.25, 0.3) is 0 Å². The first-order valence-electron chi connectivity index (χ1n) is 8.00. The maximum atomic E-state index is 4.42. The van der Waals surface area contributed by atoms with Crippen molar-refractivity contribution in [1.82, 2.24) is 15.5 Å². The number of fused-ring (bicyclic) bond motifs is 1. The molecule has 0 amide bonds. The third-order valence-corrected chi connectivity index (χ3v) is 4.61. The van der Waals surface area contributed by atoms with Crippen LogP contribution in [0.5, 0.6) is 0 Å². The fraction of sp³-hybridized carbons (Fsp3) is 0.750. The van der Waals surface area contributed by atoms with E-state index in [1.165, 1.54) is 32.4 Å². The second kappa shape index (κ2) is 6.08. The molecule has 0 radical (unpaired) electrons. The highest BCUT2D eigenvalue weighted by atomic mass is 15.3. The first-order chi connectivity index (χ1) is 9.72. The van der Waals surface area contributed by atoms with E-state index in [2.05, 4.69) is 46.4 Å². The zero-order valence-electron chi connectivity index (χ0n) is 12.7. The average Bonchev–Trinajstić information content (AvgIpc) is 3.00. The molecule has 2 heterocycles. The van der Waals surface area contributed by atoms with Crippen molar-refractivity contribution in [2.45, 2.75) is 39.7 Å². The third-order valence-electron chi connectivity index (χ3n) is 4.61. The summed E-state index contributed by atoms with van der Waals surface area (Å²) in [5, 5.41) is 12.2. The van der Waals surface area contributed by atoms with Gasteiger partial charge in [0.1, 0.15) is 0 Å². The van der Waals surface area contributed by atoms with Crippen molar-refractivity contribution in [3.05, 3.63) is 17.8 Å². The van der Waals surface area contributed by atoms with E-state index in [0.29, 0.717) is 5.92 Å². The Morgan fingerprint density at radius 2 is 1.95 bits per heavy atom. The van der Waals surface area contributed by atoms with E-state index in [1.54, 1.807) is 0 Å². The summed E-state index contributed by atoms with van der Waals surface area (Å²) in [6.45, 7) is 8.64. The number of rotatable bonds is 5. The second-order valence-corrected chi connectivity index (χ2v) is 6.76. The van der Waals surface area contributed by atoms with Crippen LogP contribution >= 0.6 is 0 Å². The Hall–Kier alpha value is -1.16. The number of anilines is 1. The van der Waals surface area contributed by atoms with Gasteiger partial charge in [-0.2, -0.15) is 5.10 Å². The largest absolute Gasteiger partial charge is 0.355 e. The summed E-state index contributed by atoms with van der Waals surface area (Å²) in [5.41, 5.74) is 1.04. The molecule has 1 aromatic rings. The van der Waals surface area contributed by atoms with E-state index in [4.69, 9.17) is 0 Å². The Morgan fingerprint density at radius 3 is 2.55 bits per heavy atom. The minimum absolute atomic E-state index is 0.672. The maximum Gasteiger partial charge on any atom is 0.151 e. The molecule has 1 aromatic heterocycles. The summed E-state index contributed by atoms with van der Waals surface area (Å²) < 4.78 is 0. The Balaban J connectivity index is 1.54. The molecule has 0 spiro atoms. The van der Waals surface area contributed by atoms with Gasteiger partial charge >= 0.3 is 0 Å². The van der Waals surface area contributed by atoms with E-state index in [-0.39, 0.29) is 0 Å². The molecule has 2 atom stereocenters. The quantitative estimate of drug-likeness (QED) is 0.895. The molecule has 1 saturated carbocycles. The SMILES string of the molecule is CC(C)CNCc1ccc(N2CC3CCCC3C2)nn1. The van der Waals surface area contributed by atoms with Crippen LogP contribution in [-0.4, -0.2) is 29.8 Å². The molecule has 1 aliphatic heterocycles. The molecule has 0 aromatic carbocycles. The number of nitrogens with one attached hydrogen (secondary N) is 1. The van der Waals surface area contributed by atoms with Gasteiger partial charge in [0.15, 0.2) is 5.82 Å². The molecule has 1 saturated heterocycles. The summed E-state index contributed by atoms with van der Waals surface area (Å²) in [7, 11) is 0. The topological polar surface area (TPSA) is 41.0 Å². The first-order valence-corrected chi connectivity index (χ1v) is 8.00. The van der Waals surface area contributed by atoms with Gasteiger partial charge in [-0.25, -0.2) is 0 Å². The van der Waals surface area contributed by atoms with Crippen LogP contribution in [0.1, 0.15) is 38.8 Å². The van der Waals surface area contributed by atoms with E-state index in [0.717, 1.165) is 36.4 Å². The molecule has 4 nitrogen and oxygen atoms in total. The lowest BCUT2D eigenvalue weighted by Gasteiger charge is -2.17. The highest BCUT2D eigenvalue weighted by molar-refractivity contribution is 5.39. The molecule has 20 heavy (non-hydrogen) atoms. The number of aromatic nitrogens is 2. The minimum Gasteiger partial charge on any atom is -0.355 e. The predicted molar refractivity (Wildman–Crippen MR) is 81.6 cm³/mol. The van der Waals surface area contributed by atoms with Gasteiger partial charge in [-0.1, -0.05) is 20.3 Å². The second-order valence-electron chi connectivity index (χ2n) is 6.76. The third kappa shape index (κ3) is 3.11. The number of nitrogens with zero attached hydrogens (tertiary/aromatic N) is 3. The molecular weight excluding hydrogens is 248 g/mol. The Kier molecular flexibility index (Phi) is 4.20. The number of hydrogen-bond acceptors (Lipinski definition) is 4. The highest BCUT2D eigenvalue weighted by Crippen LogP contribution is 2.38. The summed E-state index contributed by atoms with van der Waals surface area (Å²) >= 11 is 0. The fourth-order valence-electron chi connectivity index (χ4n) is 3.53. The first kappa shape index (κ1) is 13.8. The molecule has 2 unspecified atom stereocenters. The van der Waals surface area contributed by atoms with E-state index in [1.807, 2.05) is 0 Å². The van der Waals surface area contributed by atoms with Gasteiger partial charge in [0.05, 0.1) is 5.69 Å². The molecular formula is C16H26N4. The van der Waals surface area contributed by atoms with Crippen molar-refractivity contribution in [2.24, 2.45) is 17.8 Å². The number of hydrogen-bond donors (Lipinski definition) is 1. The molecule has 110 valence electrons. The molecule has 2 aliphatic rings. The standard InChI is InChI=1S/C16H26N4/c1-12(2)8-17-9-15-6-7-16(19-18-15)20-10-13-4-3-5-14(13)11-20/h6-7,12-14,17H,3-5,8-11H2,1-2H3. The highest BCUT2D eigenvalue weighted by Gasteiger charge is 2.36. The van der Waals surface area contributed by atoms with Crippen molar-refractivity contribution in [1.29, 1.82) is 0 Å². The summed E-state index contributed by atoms with van der Waals surface area (Å²) in [5.74, 6) is 3.55. The Labute approximate surface area is 122 Å². The average molecular weight is 274 g/mol. The van der Waals surface area contributed by atoms with Crippen molar-refractivity contribution in [3.8, 4) is 0 Å². The lowest BCUT2D eigenvalue weighted by Crippen LogP contribution is -2.23.